The Labute approximate surface area is 175 Å². The van der Waals surface area contributed by atoms with Gasteiger partial charge in [-0.3, -0.25) is 24.1 Å². The number of imide groups is 1. The summed E-state index contributed by atoms with van der Waals surface area (Å²) in [4.78, 5) is 53.0. The van der Waals surface area contributed by atoms with Crippen molar-refractivity contribution in [2.75, 3.05) is 17.3 Å². The molecule has 4 amide bonds. The van der Waals surface area contributed by atoms with Crippen molar-refractivity contribution in [3.63, 3.8) is 0 Å². The van der Waals surface area contributed by atoms with Crippen LogP contribution in [0, 0.1) is 5.92 Å². The highest BCUT2D eigenvalue weighted by molar-refractivity contribution is 6.23. The van der Waals surface area contributed by atoms with Crippen molar-refractivity contribution in [1.82, 2.24) is 4.90 Å². The molecule has 0 bridgehead atoms. The summed E-state index contributed by atoms with van der Waals surface area (Å²) in [5, 5.41) is 2.81. The maximum Gasteiger partial charge on any atom is 0.262 e. The van der Waals surface area contributed by atoms with Gasteiger partial charge in [0.2, 0.25) is 11.8 Å². The summed E-state index contributed by atoms with van der Waals surface area (Å²) in [6, 6.07) is 12.5. The SMILES string of the molecule is CCC(C)C(C(=O)Nc1ccc(N(C)C(C)=O)cc1)N1C(=O)c2ccccc2C1=O. The first-order chi connectivity index (χ1) is 14.3. The minimum atomic E-state index is -0.929. The largest absolute Gasteiger partial charge is 0.324 e. The normalized spacial score (nSPS) is 14.9. The van der Waals surface area contributed by atoms with Crippen LogP contribution in [-0.4, -0.2) is 41.6 Å². The van der Waals surface area contributed by atoms with E-state index in [9.17, 15) is 19.2 Å². The molecular weight excluding hydrogens is 382 g/mol. The Bertz CT molecular complexity index is 965. The highest BCUT2D eigenvalue weighted by atomic mass is 16.2. The smallest absolute Gasteiger partial charge is 0.262 e. The number of anilines is 2. The molecule has 1 heterocycles. The van der Waals surface area contributed by atoms with Crippen molar-refractivity contribution < 1.29 is 19.2 Å². The predicted octanol–water partition coefficient (Wildman–Crippen LogP) is 3.32. The van der Waals surface area contributed by atoms with E-state index < -0.39 is 23.8 Å². The third-order valence-electron chi connectivity index (χ3n) is 5.55. The van der Waals surface area contributed by atoms with Crippen LogP contribution in [0.3, 0.4) is 0 Å². The number of carbonyl (C=O) groups is 4. The topological polar surface area (TPSA) is 86.8 Å². The molecule has 30 heavy (non-hydrogen) atoms. The molecule has 0 fully saturated rings. The maximum atomic E-state index is 13.1. The van der Waals surface area contributed by atoms with Gasteiger partial charge in [-0.05, 0) is 42.3 Å². The van der Waals surface area contributed by atoms with Crippen molar-refractivity contribution in [3.8, 4) is 0 Å². The number of hydrogen-bond donors (Lipinski definition) is 1. The molecule has 0 saturated carbocycles. The van der Waals surface area contributed by atoms with Crippen molar-refractivity contribution in [3.05, 3.63) is 59.7 Å². The Morgan fingerprint density at radius 1 is 1.00 bits per heavy atom. The quantitative estimate of drug-likeness (QED) is 0.744. The number of hydrogen-bond acceptors (Lipinski definition) is 4. The summed E-state index contributed by atoms with van der Waals surface area (Å²) in [7, 11) is 1.66. The summed E-state index contributed by atoms with van der Waals surface area (Å²) < 4.78 is 0. The van der Waals surface area contributed by atoms with Gasteiger partial charge in [-0.25, -0.2) is 0 Å². The minimum absolute atomic E-state index is 0.103. The number of nitrogens with one attached hydrogen (secondary N) is 1. The van der Waals surface area contributed by atoms with Crippen LogP contribution < -0.4 is 10.2 Å². The number of benzene rings is 2. The van der Waals surface area contributed by atoms with Gasteiger partial charge in [0, 0.05) is 25.3 Å². The monoisotopic (exact) mass is 407 g/mol. The van der Waals surface area contributed by atoms with Crippen molar-refractivity contribution in [2.24, 2.45) is 5.92 Å². The predicted molar refractivity (Wildman–Crippen MR) is 114 cm³/mol. The van der Waals surface area contributed by atoms with Crippen LogP contribution in [0.5, 0.6) is 0 Å². The zero-order valence-electron chi connectivity index (χ0n) is 17.5. The van der Waals surface area contributed by atoms with E-state index in [4.69, 9.17) is 0 Å². The van der Waals surface area contributed by atoms with E-state index in [0.29, 0.717) is 28.9 Å². The number of carbonyl (C=O) groups excluding carboxylic acids is 4. The number of rotatable bonds is 6. The molecule has 7 heteroatoms. The Morgan fingerprint density at radius 2 is 1.53 bits per heavy atom. The lowest BCUT2D eigenvalue weighted by Crippen LogP contribution is -2.50. The van der Waals surface area contributed by atoms with E-state index in [1.54, 1.807) is 55.6 Å². The Kier molecular flexibility index (Phi) is 6.01. The van der Waals surface area contributed by atoms with Gasteiger partial charge in [0.25, 0.3) is 11.8 Å². The zero-order chi connectivity index (χ0) is 22.0. The fraction of sp³-hybridized carbons (Fsp3) is 0.304. The van der Waals surface area contributed by atoms with Gasteiger partial charge in [0.05, 0.1) is 11.1 Å². The van der Waals surface area contributed by atoms with Gasteiger partial charge in [0.1, 0.15) is 6.04 Å². The van der Waals surface area contributed by atoms with E-state index in [2.05, 4.69) is 5.32 Å². The van der Waals surface area contributed by atoms with Gasteiger partial charge in [-0.15, -0.1) is 0 Å². The van der Waals surface area contributed by atoms with Crippen LogP contribution in [0.15, 0.2) is 48.5 Å². The molecule has 0 radical (unpaired) electrons. The lowest BCUT2D eigenvalue weighted by atomic mass is 9.96. The Hall–Kier alpha value is -3.48. The van der Waals surface area contributed by atoms with E-state index in [-0.39, 0.29) is 11.8 Å². The summed E-state index contributed by atoms with van der Waals surface area (Å²) in [6.45, 7) is 5.22. The van der Waals surface area contributed by atoms with Crippen molar-refractivity contribution in [2.45, 2.75) is 33.2 Å². The van der Waals surface area contributed by atoms with E-state index in [1.807, 2.05) is 13.8 Å². The van der Waals surface area contributed by atoms with Gasteiger partial charge < -0.3 is 10.2 Å². The van der Waals surface area contributed by atoms with Crippen LogP contribution >= 0.6 is 0 Å². The molecule has 1 aliphatic heterocycles. The van der Waals surface area contributed by atoms with Crippen LogP contribution in [0.4, 0.5) is 11.4 Å². The van der Waals surface area contributed by atoms with Crippen LogP contribution in [0.1, 0.15) is 47.9 Å². The van der Waals surface area contributed by atoms with Crippen LogP contribution in [-0.2, 0) is 9.59 Å². The summed E-state index contributed by atoms with van der Waals surface area (Å²) in [6.07, 6.45) is 0.619. The molecule has 1 N–H and O–H groups in total. The molecule has 0 aromatic heterocycles. The lowest BCUT2D eigenvalue weighted by Gasteiger charge is -2.29. The van der Waals surface area contributed by atoms with Gasteiger partial charge in [-0.1, -0.05) is 32.4 Å². The minimum Gasteiger partial charge on any atom is -0.324 e. The lowest BCUT2D eigenvalue weighted by molar-refractivity contribution is -0.121. The molecule has 2 aromatic rings. The molecule has 2 unspecified atom stereocenters. The average Bonchev–Trinajstić information content (AvgIpc) is 2.99. The first-order valence-corrected chi connectivity index (χ1v) is 9.88. The van der Waals surface area contributed by atoms with Gasteiger partial charge in [-0.2, -0.15) is 0 Å². The van der Waals surface area contributed by atoms with Crippen molar-refractivity contribution >= 4 is 35.0 Å². The fourth-order valence-electron chi connectivity index (χ4n) is 3.48. The van der Waals surface area contributed by atoms with Gasteiger partial charge >= 0.3 is 0 Å². The number of amides is 4. The second-order valence-corrected chi connectivity index (χ2v) is 7.47. The fourth-order valence-corrected chi connectivity index (χ4v) is 3.48. The molecule has 2 atom stereocenters. The molecule has 0 saturated heterocycles. The first-order valence-electron chi connectivity index (χ1n) is 9.88. The van der Waals surface area contributed by atoms with Crippen LogP contribution in [0.25, 0.3) is 0 Å². The van der Waals surface area contributed by atoms with Gasteiger partial charge in [0.15, 0.2) is 0 Å². The third-order valence-corrected chi connectivity index (χ3v) is 5.55. The molecule has 0 spiro atoms. The molecule has 1 aliphatic rings. The number of nitrogens with zero attached hydrogens (tertiary/aromatic N) is 2. The number of fused-ring (bicyclic) bond motifs is 1. The van der Waals surface area contributed by atoms with Crippen LogP contribution in [0.2, 0.25) is 0 Å². The molecular formula is C23H25N3O4. The Balaban J connectivity index is 1.85. The van der Waals surface area contributed by atoms with E-state index in [0.717, 1.165) is 4.90 Å². The molecule has 3 rings (SSSR count). The Morgan fingerprint density at radius 3 is 2.00 bits per heavy atom. The summed E-state index contributed by atoms with van der Waals surface area (Å²) in [5.41, 5.74) is 1.85. The zero-order valence-corrected chi connectivity index (χ0v) is 17.5. The molecule has 2 aromatic carbocycles. The van der Waals surface area contributed by atoms with E-state index >= 15 is 0 Å². The maximum absolute atomic E-state index is 13.1. The first kappa shape index (κ1) is 21.2. The summed E-state index contributed by atoms with van der Waals surface area (Å²) in [5.74, 6) is -1.65. The summed E-state index contributed by atoms with van der Waals surface area (Å²) >= 11 is 0. The molecule has 156 valence electrons. The average molecular weight is 407 g/mol. The van der Waals surface area contributed by atoms with Crippen molar-refractivity contribution in [1.29, 1.82) is 0 Å². The molecule has 7 nitrogen and oxygen atoms in total. The highest BCUT2D eigenvalue weighted by Crippen LogP contribution is 2.29. The third kappa shape index (κ3) is 3.83. The second-order valence-electron chi connectivity index (χ2n) is 7.47. The molecule has 0 aliphatic carbocycles. The highest BCUT2D eigenvalue weighted by Gasteiger charge is 2.44. The van der Waals surface area contributed by atoms with E-state index in [1.165, 1.54) is 11.8 Å². The second kappa shape index (κ2) is 8.49. The standard InChI is InChI=1S/C23H25N3O4/c1-5-14(2)20(26-22(29)18-8-6-7-9-19(18)23(26)30)21(28)24-16-10-12-17(13-11-16)25(4)15(3)27/h6-14,20H,5H2,1-4H3,(H,24,28).